The number of ketones is 1. The van der Waals surface area contributed by atoms with Gasteiger partial charge in [0, 0.05) is 17.7 Å². The lowest BCUT2D eigenvalue weighted by atomic mass is 9.85. The van der Waals surface area contributed by atoms with Crippen LogP contribution in [0.25, 0.3) is 0 Å². The zero-order valence-electron chi connectivity index (χ0n) is 13.8. The molecule has 2 aromatic rings. The Morgan fingerprint density at radius 1 is 1.23 bits per heavy atom. The fourth-order valence-electron chi connectivity index (χ4n) is 3.26. The minimum atomic E-state index is -0.574. The number of allylic oxidation sites excluding steroid dienone is 1. The Morgan fingerprint density at radius 3 is 2.92 bits per heavy atom. The van der Waals surface area contributed by atoms with Gasteiger partial charge in [0.2, 0.25) is 5.76 Å². The maximum Gasteiger partial charge on any atom is 0.379 e. The summed E-state index contributed by atoms with van der Waals surface area (Å²) < 4.78 is 10.4. The monoisotopic (exact) mass is 368 g/mol. The molecule has 0 bridgehead atoms. The number of ether oxygens (including phenoxy) is 1. The van der Waals surface area contributed by atoms with Gasteiger partial charge in [-0.05, 0) is 54.9 Å². The smallest absolute Gasteiger partial charge is 0.379 e. The van der Waals surface area contributed by atoms with E-state index in [0.29, 0.717) is 22.9 Å². The van der Waals surface area contributed by atoms with E-state index in [2.05, 4.69) is 10.6 Å². The lowest BCUT2D eigenvalue weighted by Crippen LogP contribution is -2.46. The molecule has 2 N–H and O–H groups in total. The lowest BCUT2D eigenvalue weighted by molar-refractivity contribution is -0.116. The third-order valence-electron chi connectivity index (χ3n) is 4.41. The largest absolute Gasteiger partial charge is 0.457 e. The maximum absolute atomic E-state index is 12.5. The fourth-order valence-corrected chi connectivity index (χ4v) is 3.51. The summed E-state index contributed by atoms with van der Waals surface area (Å²) in [5.74, 6) is 0.0379. The van der Waals surface area contributed by atoms with Crippen LogP contribution in [0.2, 0.25) is 0 Å². The quantitative estimate of drug-likeness (QED) is 0.490. The van der Waals surface area contributed by atoms with Crippen molar-refractivity contribution >= 4 is 29.1 Å². The number of carbonyl (C=O) groups excluding carboxylic acids is 2. The zero-order valence-corrected chi connectivity index (χ0v) is 14.6. The van der Waals surface area contributed by atoms with Gasteiger partial charge in [0.1, 0.15) is 5.75 Å². The summed E-state index contributed by atoms with van der Waals surface area (Å²) in [6, 6.07) is 9.88. The predicted octanol–water partition coefficient (Wildman–Crippen LogP) is 3.02. The van der Waals surface area contributed by atoms with E-state index in [-0.39, 0.29) is 17.6 Å². The molecule has 7 heteroatoms. The van der Waals surface area contributed by atoms with Gasteiger partial charge in [0.25, 0.3) is 0 Å². The molecule has 132 valence electrons. The Kier molecular flexibility index (Phi) is 4.30. The molecule has 0 fully saturated rings. The summed E-state index contributed by atoms with van der Waals surface area (Å²) >= 11 is 5.28. The molecule has 1 unspecified atom stereocenters. The van der Waals surface area contributed by atoms with Crippen molar-refractivity contribution in [3.05, 3.63) is 65.3 Å². The summed E-state index contributed by atoms with van der Waals surface area (Å²) in [4.78, 5) is 24.5. The summed E-state index contributed by atoms with van der Waals surface area (Å²) in [6.07, 6.45) is 3.56. The van der Waals surface area contributed by atoms with E-state index in [1.54, 1.807) is 24.3 Å². The van der Waals surface area contributed by atoms with Gasteiger partial charge in [-0.3, -0.25) is 4.79 Å². The van der Waals surface area contributed by atoms with Crippen molar-refractivity contribution in [2.75, 3.05) is 0 Å². The predicted molar refractivity (Wildman–Crippen MR) is 97.6 cm³/mol. The second-order valence-corrected chi connectivity index (χ2v) is 6.55. The molecule has 1 aromatic carbocycles. The van der Waals surface area contributed by atoms with Gasteiger partial charge in [0.05, 0.1) is 12.3 Å². The Morgan fingerprint density at radius 2 is 2.12 bits per heavy atom. The van der Waals surface area contributed by atoms with Gasteiger partial charge in [-0.1, -0.05) is 12.1 Å². The second-order valence-electron chi connectivity index (χ2n) is 6.14. The molecule has 1 aromatic heterocycles. The van der Waals surface area contributed by atoms with Crippen LogP contribution >= 0.6 is 12.2 Å². The highest BCUT2D eigenvalue weighted by atomic mass is 32.1. The molecule has 0 spiro atoms. The highest BCUT2D eigenvalue weighted by Gasteiger charge is 2.33. The third-order valence-corrected chi connectivity index (χ3v) is 4.63. The molecule has 26 heavy (non-hydrogen) atoms. The van der Waals surface area contributed by atoms with E-state index in [4.69, 9.17) is 21.4 Å². The van der Waals surface area contributed by atoms with Crippen LogP contribution in [0.4, 0.5) is 0 Å². The second kappa shape index (κ2) is 6.76. The molecule has 4 rings (SSSR count). The molecular weight excluding hydrogens is 352 g/mol. The summed E-state index contributed by atoms with van der Waals surface area (Å²) in [7, 11) is 0. The minimum absolute atomic E-state index is 0.108. The molecular formula is C19H16N2O4S. The summed E-state index contributed by atoms with van der Waals surface area (Å²) in [5.41, 5.74) is 2.40. The summed E-state index contributed by atoms with van der Waals surface area (Å²) in [5, 5.41) is 6.74. The van der Waals surface area contributed by atoms with Crippen LogP contribution in [-0.4, -0.2) is 16.9 Å². The first-order valence-electron chi connectivity index (χ1n) is 8.31. The molecule has 0 amide bonds. The number of benzene rings is 1. The van der Waals surface area contributed by atoms with Crippen molar-refractivity contribution in [2.24, 2.45) is 0 Å². The van der Waals surface area contributed by atoms with Gasteiger partial charge in [-0.15, -0.1) is 0 Å². The van der Waals surface area contributed by atoms with E-state index < -0.39 is 5.97 Å². The SMILES string of the molecule is O=C1CCCC2=C1C(c1cccc(OC(=O)c3ccco3)c1)NC(=S)N2. The Hall–Kier alpha value is -2.93. The third kappa shape index (κ3) is 3.13. The van der Waals surface area contributed by atoms with Crippen LogP contribution in [0.1, 0.15) is 41.4 Å². The van der Waals surface area contributed by atoms with Crippen LogP contribution in [0.5, 0.6) is 5.75 Å². The molecule has 1 aliphatic heterocycles. The van der Waals surface area contributed by atoms with Gasteiger partial charge >= 0.3 is 5.97 Å². The highest BCUT2D eigenvalue weighted by molar-refractivity contribution is 7.80. The van der Waals surface area contributed by atoms with Crippen molar-refractivity contribution in [2.45, 2.75) is 25.3 Å². The number of Topliss-reactive ketones (excluding diaryl/α,β-unsaturated/α-hetero) is 1. The molecule has 1 aliphatic carbocycles. The molecule has 0 saturated carbocycles. The van der Waals surface area contributed by atoms with Gasteiger partial charge in [-0.25, -0.2) is 4.79 Å². The number of hydrogen-bond acceptors (Lipinski definition) is 5. The first kappa shape index (κ1) is 16.5. The number of thiocarbonyl (C=S) groups is 1. The van der Waals surface area contributed by atoms with Gasteiger partial charge in [-0.2, -0.15) is 0 Å². The maximum atomic E-state index is 12.5. The standard InChI is InChI=1S/C19H16N2O4S/c22-14-7-2-6-13-16(14)17(21-19(26)20-13)11-4-1-5-12(10-11)25-18(23)15-8-3-9-24-15/h1,3-5,8-10,17H,2,6-7H2,(H2,20,21,26). The average molecular weight is 368 g/mol. The van der Waals surface area contributed by atoms with Crippen molar-refractivity contribution in [3.8, 4) is 5.75 Å². The van der Waals surface area contributed by atoms with Gasteiger partial charge in [0.15, 0.2) is 10.9 Å². The molecule has 6 nitrogen and oxygen atoms in total. The number of nitrogens with one attached hydrogen (secondary N) is 2. The Labute approximate surface area is 155 Å². The normalized spacial score (nSPS) is 19.5. The minimum Gasteiger partial charge on any atom is -0.457 e. The molecule has 1 atom stereocenters. The molecule has 2 aliphatic rings. The van der Waals surface area contributed by atoms with Crippen LogP contribution in [0, 0.1) is 0 Å². The number of esters is 1. The van der Waals surface area contributed by atoms with Crippen LogP contribution < -0.4 is 15.4 Å². The molecule has 0 saturated heterocycles. The average Bonchev–Trinajstić information content (AvgIpc) is 3.16. The van der Waals surface area contributed by atoms with Crippen LogP contribution in [0.15, 0.2) is 58.3 Å². The van der Waals surface area contributed by atoms with Crippen molar-refractivity contribution in [1.82, 2.24) is 10.6 Å². The highest BCUT2D eigenvalue weighted by Crippen LogP contribution is 2.34. The Bertz CT molecular complexity index is 917. The van der Waals surface area contributed by atoms with Crippen molar-refractivity contribution in [1.29, 1.82) is 0 Å². The summed E-state index contributed by atoms with van der Waals surface area (Å²) in [6.45, 7) is 0. The van der Waals surface area contributed by atoms with Crippen LogP contribution in [-0.2, 0) is 4.79 Å². The van der Waals surface area contributed by atoms with E-state index in [1.165, 1.54) is 12.3 Å². The van der Waals surface area contributed by atoms with Crippen LogP contribution in [0.3, 0.4) is 0 Å². The fraction of sp³-hybridized carbons (Fsp3) is 0.211. The number of furan rings is 1. The molecule has 0 radical (unpaired) electrons. The topological polar surface area (TPSA) is 80.6 Å². The zero-order chi connectivity index (χ0) is 18.1. The van der Waals surface area contributed by atoms with E-state index in [0.717, 1.165) is 24.1 Å². The van der Waals surface area contributed by atoms with Crippen molar-refractivity contribution < 1.29 is 18.7 Å². The number of hydrogen-bond donors (Lipinski definition) is 2. The van der Waals surface area contributed by atoms with E-state index in [1.807, 2.05) is 6.07 Å². The molecule has 2 heterocycles. The van der Waals surface area contributed by atoms with E-state index >= 15 is 0 Å². The van der Waals surface area contributed by atoms with Crippen molar-refractivity contribution in [3.63, 3.8) is 0 Å². The first-order valence-corrected chi connectivity index (χ1v) is 8.72. The van der Waals surface area contributed by atoms with E-state index in [9.17, 15) is 9.59 Å². The number of carbonyl (C=O) groups is 2. The number of rotatable bonds is 3. The lowest BCUT2D eigenvalue weighted by Gasteiger charge is -2.33. The van der Waals surface area contributed by atoms with Gasteiger partial charge < -0.3 is 19.8 Å². The first-order chi connectivity index (χ1) is 12.6. The Balaban J connectivity index is 1.64.